The number of ether oxygens (including phenoxy) is 1. The molecule has 2 aromatic carbocycles. The third kappa shape index (κ3) is 5.10. The molecule has 31 heavy (non-hydrogen) atoms. The summed E-state index contributed by atoms with van der Waals surface area (Å²) in [6.07, 6.45) is 0. The fourth-order valence-electron chi connectivity index (χ4n) is 3.66. The zero-order valence-corrected chi connectivity index (χ0v) is 17.4. The van der Waals surface area contributed by atoms with Crippen LogP contribution in [-0.2, 0) is 0 Å². The van der Waals surface area contributed by atoms with E-state index in [0.29, 0.717) is 23.4 Å². The van der Waals surface area contributed by atoms with Crippen molar-refractivity contribution in [1.82, 2.24) is 14.8 Å². The van der Waals surface area contributed by atoms with Crippen LogP contribution in [0.3, 0.4) is 0 Å². The molecule has 2 heterocycles. The number of nitrogens with zero attached hydrogens (tertiary/aromatic N) is 2. The standard InChI is InChI=1S/C23H25FN4O3/c1-27-8-10-28(11-9-27)12-13-31-21-5-3-2-4-19(21)26-23(30)18-15-22(29)25-20-14-16(24)6-7-17(18)20/h2-7,14-15H,8-13H2,1H3,(H,25,29)(H,26,30). The van der Waals surface area contributed by atoms with Gasteiger partial charge in [0.2, 0.25) is 5.56 Å². The highest BCUT2D eigenvalue weighted by Crippen LogP contribution is 2.25. The van der Waals surface area contributed by atoms with Gasteiger partial charge in [0.1, 0.15) is 18.2 Å². The Morgan fingerprint density at radius 2 is 1.90 bits per heavy atom. The number of amides is 1. The van der Waals surface area contributed by atoms with E-state index < -0.39 is 17.3 Å². The summed E-state index contributed by atoms with van der Waals surface area (Å²) >= 11 is 0. The van der Waals surface area contributed by atoms with Crippen LogP contribution in [0.15, 0.2) is 53.3 Å². The molecule has 8 heteroatoms. The fraction of sp³-hybridized carbons (Fsp3) is 0.304. The van der Waals surface area contributed by atoms with Gasteiger partial charge in [0.05, 0.1) is 16.8 Å². The lowest BCUT2D eigenvalue weighted by molar-refractivity contribution is 0.102. The van der Waals surface area contributed by atoms with Crippen LogP contribution in [0.2, 0.25) is 0 Å². The van der Waals surface area contributed by atoms with Gasteiger partial charge < -0.3 is 19.9 Å². The average Bonchev–Trinajstić information content (AvgIpc) is 2.75. The Hall–Kier alpha value is -3.23. The highest BCUT2D eigenvalue weighted by atomic mass is 19.1. The number of hydrogen-bond donors (Lipinski definition) is 2. The van der Waals surface area contributed by atoms with Gasteiger partial charge in [0.15, 0.2) is 0 Å². The van der Waals surface area contributed by atoms with E-state index in [1.807, 2.05) is 6.07 Å². The summed E-state index contributed by atoms with van der Waals surface area (Å²) < 4.78 is 19.5. The third-order valence-corrected chi connectivity index (χ3v) is 5.45. The number of piperazine rings is 1. The molecule has 1 amide bonds. The number of carbonyl (C=O) groups is 1. The first-order valence-corrected chi connectivity index (χ1v) is 10.3. The zero-order chi connectivity index (χ0) is 21.8. The minimum absolute atomic E-state index is 0.172. The van der Waals surface area contributed by atoms with Crippen LogP contribution in [0.25, 0.3) is 10.9 Å². The van der Waals surface area contributed by atoms with Gasteiger partial charge in [0.25, 0.3) is 5.91 Å². The van der Waals surface area contributed by atoms with Crippen molar-refractivity contribution in [3.63, 3.8) is 0 Å². The zero-order valence-electron chi connectivity index (χ0n) is 17.4. The van der Waals surface area contributed by atoms with Gasteiger partial charge in [-0.2, -0.15) is 0 Å². The largest absolute Gasteiger partial charge is 0.490 e. The minimum Gasteiger partial charge on any atom is -0.490 e. The number of hydrogen-bond acceptors (Lipinski definition) is 5. The summed E-state index contributed by atoms with van der Waals surface area (Å²) in [6, 6.07) is 12.3. The van der Waals surface area contributed by atoms with Crippen LogP contribution in [-0.4, -0.2) is 67.1 Å². The Morgan fingerprint density at radius 1 is 1.13 bits per heavy atom. The molecule has 0 spiro atoms. The van der Waals surface area contributed by atoms with Crippen LogP contribution < -0.4 is 15.6 Å². The molecule has 4 rings (SSSR count). The van der Waals surface area contributed by atoms with E-state index in [0.717, 1.165) is 32.7 Å². The van der Waals surface area contributed by atoms with Crippen molar-refractivity contribution in [3.05, 3.63) is 70.3 Å². The maximum atomic E-state index is 13.5. The fourth-order valence-corrected chi connectivity index (χ4v) is 3.66. The number of aromatic nitrogens is 1. The number of rotatable bonds is 6. The van der Waals surface area contributed by atoms with Gasteiger partial charge in [-0.05, 0) is 37.4 Å². The summed E-state index contributed by atoms with van der Waals surface area (Å²) in [4.78, 5) is 32.1. The SMILES string of the molecule is CN1CCN(CCOc2ccccc2NC(=O)c2cc(=O)[nH]c3cc(F)ccc23)CC1. The molecule has 1 fully saturated rings. The highest BCUT2D eigenvalue weighted by Gasteiger charge is 2.16. The monoisotopic (exact) mass is 424 g/mol. The Balaban J connectivity index is 1.47. The number of benzene rings is 2. The van der Waals surface area contributed by atoms with Crippen molar-refractivity contribution in [2.75, 3.05) is 51.7 Å². The highest BCUT2D eigenvalue weighted by molar-refractivity contribution is 6.12. The van der Waals surface area contributed by atoms with Crippen molar-refractivity contribution in [3.8, 4) is 5.75 Å². The predicted molar refractivity (Wildman–Crippen MR) is 118 cm³/mol. The van der Waals surface area contributed by atoms with E-state index in [9.17, 15) is 14.0 Å². The summed E-state index contributed by atoms with van der Waals surface area (Å²) in [5.74, 6) is -0.386. The molecule has 0 atom stereocenters. The molecule has 3 aromatic rings. The quantitative estimate of drug-likeness (QED) is 0.636. The maximum absolute atomic E-state index is 13.5. The number of H-pyrrole nitrogens is 1. The van der Waals surface area contributed by atoms with Gasteiger partial charge in [-0.25, -0.2) is 4.39 Å². The molecule has 1 aliphatic rings. The van der Waals surface area contributed by atoms with Crippen molar-refractivity contribution < 1.29 is 13.9 Å². The number of fused-ring (bicyclic) bond motifs is 1. The molecule has 0 unspecified atom stereocenters. The van der Waals surface area contributed by atoms with Crippen LogP contribution in [0.1, 0.15) is 10.4 Å². The van der Waals surface area contributed by atoms with E-state index in [1.165, 1.54) is 24.3 Å². The summed E-state index contributed by atoms with van der Waals surface area (Å²) in [6.45, 7) is 5.41. The van der Waals surface area contributed by atoms with Crippen molar-refractivity contribution >= 4 is 22.5 Å². The molecule has 7 nitrogen and oxygen atoms in total. The number of pyridine rings is 1. The molecule has 162 valence electrons. The second-order valence-corrected chi connectivity index (χ2v) is 7.68. The van der Waals surface area contributed by atoms with Crippen LogP contribution in [0.5, 0.6) is 5.75 Å². The summed E-state index contributed by atoms with van der Waals surface area (Å²) in [7, 11) is 2.12. The van der Waals surface area contributed by atoms with E-state index in [4.69, 9.17) is 4.74 Å². The van der Waals surface area contributed by atoms with Gasteiger partial charge >= 0.3 is 0 Å². The second-order valence-electron chi connectivity index (χ2n) is 7.68. The van der Waals surface area contributed by atoms with Crippen LogP contribution in [0, 0.1) is 5.82 Å². The summed E-state index contributed by atoms with van der Waals surface area (Å²) in [5.41, 5.74) is 0.488. The molecular formula is C23H25FN4O3. The van der Waals surface area contributed by atoms with E-state index in [-0.39, 0.29) is 11.1 Å². The second kappa shape index (κ2) is 9.28. The maximum Gasteiger partial charge on any atom is 0.256 e. The predicted octanol–water partition coefficient (Wildman–Crippen LogP) is 2.55. The Morgan fingerprint density at radius 3 is 2.71 bits per heavy atom. The molecule has 1 aromatic heterocycles. The number of likely N-dealkylation sites (N-methyl/N-ethyl adjacent to an activating group) is 1. The third-order valence-electron chi connectivity index (χ3n) is 5.45. The Kier molecular flexibility index (Phi) is 6.29. The van der Waals surface area contributed by atoms with Crippen molar-refractivity contribution in [1.29, 1.82) is 0 Å². The Labute approximate surface area is 179 Å². The van der Waals surface area contributed by atoms with Crippen molar-refractivity contribution in [2.24, 2.45) is 0 Å². The van der Waals surface area contributed by atoms with Gasteiger partial charge in [0, 0.05) is 44.2 Å². The number of nitrogens with one attached hydrogen (secondary N) is 2. The number of para-hydroxylation sites is 2. The molecular weight excluding hydrogens is 399 g/mol. The normalized spacial score (nSPS) is 15.2. The smallest absolute Gasteiger partial charge is 0.256 e. The first kappa shape index (κ1) is 21.0. The lowest BCUT2D eigenvalue weighted by Gasteiger charge is -2.32. The van der Waals surface area contributed by atoms with E-state index in [2.05, 4.69) is 27.1 Å². The lowest BCUT2D eigenvalue weighted by Crippen LogP contribution is -2.45. The topological polar surface area (TPSA) is 77.7 Å². The molecule has 0 radical (unpaired) electrons. The number of aromatic amines is 1. The average molecular weight is 424 g/mol. The van der Waals surface area contributed by atoms with Crippen LogP contribution >= 0.6 is 0 Å². The molecule has 0 aliphatic carbocycles. The number of anilines is 1. The lowest BCUT2D eigenvalue weighted by atomic mass is 10.1. The molecule has 1 aliphatic heterocycles. The molecule has 0 bridgehead atoms. The van der Waals surface area contributed by atoms with Gasteiger partial charge in [-0.3, -0.25) is 14.5 Å². The van der Waals surface area contributed by atoms with Crippen LogP contribution in [0.4, 0.5) is 10.1 Å². The van der Waals surface area contributed by atoms with Crippen molar-refractivity contribution in [2.45, 2.75) is 0 Å². The summed E-state index contributed by atoms with van der Waals surface area (Å²) in [5, 5.41) is 3.29. The minimum atomic E-state index is -0.486. The molecule has 1 saturated heterocycles. The Bertz CT molecular complexity index is 1140. The van der Waals surface area contributed by atoms with Gasteiger partial charge in [-0.1, -0.05) is 12.1 Å². The molecule has 2 N–H and O–H groups in total. The van der Waals surface area contributed by atoms with E-state index in [1.54, 1.807) is 18.2 Å². The molecule has 0 saturated carbocycles. The first-order chi connectivity index (χ1) is 15.0. The van der Waals surface area contributed by atoms with Gasteiger partial charge in [-0.15, -0.1) is 0 Å². The number of carbonyl (C=O) groups excluding carboxylic acids is 1. The van der Waals surface area contributed by atoms with E-state index >= 15 is 0 Å². The first-order valence-electron chi connectivity index (χ1n) is 10.3. The number of halogens is 1.